The Labute approximate surface area is 163 Å². The van der Waals surface area contributed by atoms with Gasteiger partial charge in [0.25, 0.3) is 0 Å². The first kappa shape index (κ1) is 19.6. The Bertz CT molecular complexity index is 641. The summed E-state index contributed by atoms with van der Waals surface area (Å²) in [6, 6.07) is 20.6. The largest absolute Gasteiger partial charge is 0.463 e. The fourth-order valence-electron chi connectivity index (χ4n) is 3.91. The van der Waals surface area contributed by atoms with Crippen molar-refractivity contribution in [3.05, 3.63) is 71.8 Å². The fourth-order valence-corrected chi connectivity index (χ4v) is 3.91. The molecule has 1 N–H and O–H groups in total. The van der Waals surface area contributed by atoms with E-state index in [0.717, 1.165) is 17.5 Å². The van der Waals surface area contributed by atoms with Crippen LogP contribution in [0.4, 0.5) is 0 Å². The highest BCUT2D eigenvalue weighted by Gasteiger charge is 2.25. The van der Waals surface area contributed by atoms with Crippen molar-refractivity contribution in [2.24, 2.45) is 0 Å². The van der Waals surface area contributed by atoms with Crippen LogP contribution in [-0.4, -0.2) is 24.7 Å². The van der Waals surface area contributed by atoms with E-state index in [-0.39, 0.29) is 17.9 Å². The predicted molar refractivity (Wildman–Crippen MR) is 110 cm³/mol. The lowest BCUT2D eigenvalue weighted by atomic mass is 9.91. The normalized spacial score (nSPS) is 16.2. The van der Waals surface area contributed by atoms with E-state index in [1.54, 1.807) is 0 Å². The van der Waals surface area contributed by atoms with Crippen molar-refractivity contribution in [2.75, 3.05) is 6.61 Å². The molecule has 0 radical (unpaired) electrons. The minimum atomic E-state index is -0.375. The number of carbonyl (C=O) groups excluding carboxylic acids is 1. The van der Waals surface area contributed by atoms with Crippen molar-refractivity contribution >= 4 is 5.97 Å². The average molecular weight is 366 g/mol. The van der Waals surface area contributed by atoms with Gasteiger partial charge in [-0.3, -0.25) is 4.79 Å². The summed E-state index contributed by atoms with van der Waals surface area (Å²) in [5.41, 5.74) is 1.95. The summed E-state index contributed by atoms with van der Waals surface area (Å²) in [7, 11) is 0. The summed E-state index contributed by atoms with van der Waals surface area (Å²) in [4.78, 5) is 13.0. The number of esters is 1. The predicted octanol–water partition coefficient (Wildman–Crippen LogP) is 5.06. The molecule has 0 aliphatic heterocycles. The van der Waals surface area contributed by atoms with Crippen LogP contribution in [0.3, 0.4) is 0 Å². The molecule has 3 nitrogen and oxygen atoms in total. The second kappa shape index (κ2) is 10.3. The molecule has 0 heterocycles. The molecule has 1 atom stereocenters. The molecule has 0 amide bonds. The Balaban J connectivity index is 1.65. The lowest BCUT2D eigenvalue weighted by molar-refractivity contribution is -0.145. The first-order valence-corrected chi connectivity index (χ1v) is 10.3. The third kappa shape index (κ3) is 5.67. The number of rotatable bonds is 8. The van der Waals surface area contributed by atoms with Gasteiger partial charge in [0.1, 0.15) is 12.5 Å². The summed E-state index contributed by atoms with van der Waals surface area (Å²) in [6.07, 6.45) is 7.39. The van der Waals surface area contributed by atoms with E-state index in [9.17, 15) is 4.79 Å². The average Bonchev–Trinajstić information content (AvgIpc) is 2.73. The minimum Gasteiger partial charge on any atom is -0.463 e. The molecule has 144 valence electrons. The molecular formula is C24H31NO2. The Morgan fingerprint density at radius 1 is 0.963 bits per heavy atom. The van der Waals surface area contributed by atoms with E-state index >= 15 is 0 Å². The summed E-state index contributed by atoms with van der Waals surface area (Å²) in [5, 5.41) is 3.70. The van der Waals surface area contributed by atoms with Crippen molar-refractivity contribution in [1.82, 2.24) is 5.32 Å². The number of hydrogen-bond donors (Lipinski definition) is 1. The molecule has 2 aromatic carbocycles. The maximum absolute atomic E-state index is 13.0. The maximum atomic E-state index is 13.0. The van der Waals surface area contributed by atoms with E-state index in [4.69, 9.17) is 4.74 Å². The monoisotopic (exact) mass is 365 g/mol. The van der Waals surface area contributed by atoms with Crippen molar-refractivity contribution in [3.63, 3.8) is 0 Å². The van der Waals surface area contributed by atoms with Gasteiger partial charge < -0.3 is 10.1 Å². The van der Waals surface area contributed by atoms with E-state index in [0.29, 0.717) is 12.6 Å². The quantitative estimate of drug-likeness (QED) is 0.664. The molecule has 3 heteroatoms. The SMILES string of the molecule is CC[C@@H](COC(=O)C(c1ccccc1)c1ccccc1)NC1CCCCC1. The second-order valence-electron chi connectivity index (χ2n) is 7.49. The van der Waals surface area contributed by atoms with Crippen molar-refractivity contribution < 1.29 is 9.53 Å². The highest BCUT2D eigenvalue weighted by atomic mass is 16.5. The van der Waals surface area contributed by atoms with Crippen molar-refractivity contribution in [3.8, 4) is 0 Å². The molecule has 2 aromatic rings. The number of carbonyl (C=O) groups is 1. The molecule has 1 aliphatic carbocycles. The summed E-state index contributed by atoms with van der Waals surface area (Å²) in [5.74, 6) is -0.545. The van der Waals surface area contributed by atoms with Crippen LogP contribution in [-0.2, 0) is 9.53 Å². The number of benzene rings is 2. The number of hydrogen-bond acceptors (Lipinski definition) is 3. The second-order valence-corrected chi connectivity index (χ2v) is 7.49. The van der Waals surface area contributed by atoms with Crippen LogP contribution in [0.1, 0.15) is 62.5 Å². The van der Waals surface area contributed by atoms with E-state index in [1.165, 1.54) is 32.1 Å². The Morgan fingerprint density at radius 2 is 1.52 bits per heavy atom. The zero-order valence-electron chi connectivity index (χ0n) is 16.3. The molecule has 0 unspecified atom stereocenters. The van der Waals surface area contributed by atoms with Gasteiger partial charge in [-0.05, 0) is 30.4 Å². The van der Waals surface area contributed by atoms with Gasteiger partial charge >= 0.3 is 5.97 Å². The zero-order valence-corrected chi connectivity index (χ0v) is 16.3. The van der Waals surface area contributed by atoms with Crippen LogP contribution in [0.5, 0.6) is 0 Å². The van der Waals surface area contributed by atoms with Gasteiger partial charge in [-0.1, -0.05) is 86.8 Å². The van der Waals surface area contributed by atoms with Gasteiger partial charge in [-0.2, -0.15) is 0 Å². The van der Waals surface area contributed by atoms with Crippen LogP contribution >= 0.6 is 0 Å². The molecule has 3 rings (SSSR count). The van der Waals surface area contributed by atoms with Crippen molar-refractivity contribution in [2.45, 2.75) is 63.5 Å². The number of nitrogens with one attached hydrogen (secondary N) is 1. The Kier molecular flexibility index (Phi) is 7.46. The minimum absolute atomic E-state index is 0.170. The number of ether oxygens (including phenoxy) is 1. The molecule has 0 bridgehead atoms. The van der Waals surface area contributed by atoms with Crippen LogP contribution in [0, 0.1) is 0 Å². The summed E-state index contributed by atoms with van der Waals surface area (Å²) < 4.78 is 5.81. The van der Waals surface area contributed by atoms with E-state index < -0.39 is 0 Å². The van der Waals surface area contributed by atoms with Gasteiger partial charge in [0.05, 0.1) is 0 Å². The lowest BCUT2D eigenvalue weighted by Crippen LogP contribution is -2.42. The van der Waals surface area contributed by atoms with Crippen LogP contribution < -0.4 is 5.32 Å². The molecular weight excluding hydrogens is 334 g/mol. The van der Waals surface area contributed by atoms with Gasteiger partial charge in [-0.15, -0.1) is 0 Å². The third-order valence-corrected chi connectivity index (χ3v) is 5.50. The van der Waals surface area contributed by atoms with Gasteiger partial charge in [-0.25, -0.2) is 0 Å². The van der Waals surface area contributed by atoms with Crippen LogP contribution in [0.15, 0.2) is 60.7 Å². The molecule has 0 aromatic heterocycles. The van der Waals surface area contributed by atoms with Gasteiger partial charge in [0, 0.05) is 12.1 Å². The van der Waals surface area contributed by atoms with Crippen LogP contribution in [0.2, 0.25) is 0 Å². The standard InChI is InChI=1S/C24H31NO2/c1-2-21(25-22-16-10-5-11-17-22)18-27-24(26)23(19-12-6-3-7-13-19)20-14-8-4-9-15-20/h3-4,6-9,12-15,21-23,25H,2,5,10-11,16-18H2,1H3/t21-/m0/s1. The Hall–Kier alpha value is -2.13. The first-order valence-electron chi connectivity index (χ1n) is 10.3. The molecule has 27 heavy (non-hydrogen) atoms. The fraction of sp³-hybridized carbons (Fsp3) is 0.458. The smallest absolute Gasteiger partial charge is 0.317 e. The highest BCUT2D eigenvalue weighted by molar-refractivity contribution is 5.82. The topological polar surface area (TPSA) is 38.3 Å². The van der Waals surface area contributed by atoms with Crippen molar-refractivity contribution in [1.29, 1.82) is 0 Å². The highest BCUT2D eigenvalue weighted by Crippen LogP contribution is 2.26. The third-order valence-electron chi connectivity index (χ3n) is 5.50. The molecule has 1 aliphatic rings. The Morgan fingerprint density at radius 3 is 2.04 bits per heavy atom. The zero-order chi connectivity index (χ0) is 18.9. The molecule has 0 saturated heterocycles. The molecule has 1 saturated carbocycles. The summed E-state index contributed by atoms with van der Waals surface area (Å²) in [6.45, 7) is 2.59. The van der Waals surface area contributed by atoms with Crippen LogP contribution in [0.25, 0.3) is 0 Å². The van der Waals surface area contributed by atoms with E-state index in [2.05, 4.69) is 12.2 Å². The van der Waals surface area contributed by atoms with Gasteiger partial charge in [0.2, 0.25) is 0 Å². The maximum Gasteiger partial charge on any atom is 0.317 e. The molecule has 0 spiro atoms. The van der Waals surface area contributed by atoms with E-state index in [1.807, 2.05) is 60.7 Å². The first-order chi connectivity index (χ1) is 13.3. The van der Waals surface area contributed by atoms with Gasteiger partial charge in [0.15, 0.2) is 0 Å². The summed E-state index contributed by atoms with van der Waals surface area (Å²) >= 11 is 0. The lowest BCUT2D eigenvalue weighted by Gasteiger charge is -2.28. The molecule has 1 fully saturated rings.